The van der Waals surface area contributed by atoms with Crippen LogP contribution in [-0.2, 0) is 53.8 Å². The summed E-state index contributed by atoms with van der Waals surface area (Å²) in [6.07, 6.45) is 4.05. The van der Waals surface area contributed by atoms with Gasteiger partial charge in [0, 0.05) is 46.8 Å². The highest BCUT2D eigenvalue weighted by molar-refractivity contribution is 9.09. The fourth-order valence-electron chi connectivity index (χ4n) is 11.2. The predicted octanol–water partition coefficient (Wildman–Crippen LogP) is 4.89. The first-order chi connectivity index (χ1) is 29.8. The van der Waals surface area contributed by atoms with Gasteiger partial charge in [-0.05, 0) is 85.8 Å². The number of amides is 2. The van der Waals surface area contributed by atoms with E-state index < -0.39 is 84.6 Å². The number of carboxylic acids is 1. The second kappa shape index (κ2) is 18.4. The topological polar surface area (TPSA) is 252 Å². The Balaban J connectivity index is 1.06. The molecule has 0 unspecified atom stereocenters. The third-order valence-electron chi connectivity index (χ3n) is 14.0. The van der Waals surface area contributed by atoms with Crippen molar-refractivity contribution in [1.29, 1.82) is 0 Å². The zero-order chi connectivity index (χ0) is 45.5. The number of ether oxygens (including phenoxy) is 2. The number of aliphatic hydroxyl groups is 1. The molecule has 1 heterocycles. The summed E-state index contributed by atoms with van der Waals surface area (Å²) in [7, 11) is -5.04. The number of allylic oxidation sites excluding steroid dienone is 4. The molecule has 1 aliphatic heterocycles. The molecule has 338 valence electrons. The highest BCUT2D eigenvalue weighted by Gasteiger charge is 2.76. The molecule has 2 amide bonds. The fraction of sp³-hybridized carbons (Fsp3) is 0.511. The summed E-state index contributed by atoms with van der Waals surface area (Å²) in [6.45, 7) is 2.74. The summed E-state index contributed by atoms with van der Waals surface area (Å²) in [5, 5.41) is 26.5. The molecular weight excluding hydrogens is 903 g/mol. The smallest absolute Gasteiger partial charge is 0.470 e. The Morgan fingerprint density at radius 1 is 1.06 bits per heavy atom. The van der Waals surface area contributed by atoms with Gasteiger partial charge in [0.2, 0.25) is 11.8 Å². The van der Waals surface area contributed by atoms with Crippen molar-refractivity contribution in [2.24, 2.45) is 34.5 Å². The average Bonchev–Trinajstić information content (AvgIpc) is 3.73. The molecule has 4 aliphatic carbocycles. The standard InChI is InChI=1S/C45H52BrN2O14P/c1-43-15-14-31(49)19-29(43)11-12-33-34-20-37-45(36(52)24-60-63(57,58)59,44(34,2)21-35(51)40(33)43)62-42(61-37)27-8-6-25(7-9-27)16-26-4-3-5-30(17-26)48-41(56)28(10-13-39(54)55)18-32(50)23-47-38(53)22-46/h3-9,14-15,17,19,28,33-35,37,40,42,51H,10-13,16,18,20-24H2,1-2H3,(H,47,53)(H,48,56)(H,54,55)(H2,57,58,59)/t28-,33+,34+,35+,37-,40-,42-,43+,44+,45-/m1/s1. The molecule has 0 radical (unpaired) electrons. The van der Waals surface area contributed by atoms with Crippen molar-refractivity contribution in [1.82, 2.24) is 5.32 Å². The maximum Gasteiger partial charge on any atom is 0.470 e. The summed E-state index contributed by atoms with van der Waals surface area (Å²) in [5.74, 6) is -4.60. The van der Waals surface area contributed by atoms with E-state index in [1.807, 2.05) is 38.1 Å². The van der Waals surface area contributed by atoms with E-state index in [0.29, 0.717) is 36.9 Å². The van der Waals surface area contributed by atoms with Gasteiger partial charge in [0.1, 0.15) is 6.61 Å². The van der Waals surface area contributed by atoms with E-state index in [1.54, 1.807) is 42.5 Å². The van der Waals surface area contributed by atoms with Crippen LogP contribution in [0.25, 0.3) is 0 Å². The van der Waals surface area contributed by atoms with Crippen LogP contribution in [0.15, 0.2) is 72.3 Å². The highest BCUT2D eigenvalue weighted by atomic mass is 79.9. The van der Waals surface area contributed by atoms with Gasteiger partial charge in [-0.25, -0.2) is 4.57 Å². The Morgan fingerprint density at radius 2 is 1.81 bits per heavy atom. The lowest BCUT2D eigenvalue weighted by molar-refractivity contribution is -0.200. The van der Waals surface area contributed by atoms with Crippen molar-refractivity contribution in [3.63, 3.8) is 0 Å². The summed E-state index contributed by atoms with van der Waals surface area (Å²) in [4.78, 5) is 94.5. The molecule has 5 aliphatic rings. The number of hydrogen-bond acceptors (Lipinski definition) is 11. The fourth-order valence-corrected chi connectivity index (χ4v) is 11.7. The molecule has 7 rings (SSSR count). The number of hydrogen-bond donors (Lipinski definition) is 6. The molecule has 4 fully saturated rings. The van der Waals surface area contributed by atoms with Crippen LogP contribution in [0.1, 0.15) is 81.8 Å². The van der Waals surface area contributed by atoms with Gasteiger partial charge >= 0.3 is 13.8 Å². The number of nitrogens with one attached hydrogen (secondary N) is 2. The highest BCUT2D eigenvalue weighted by Crippen LogP contribution is 2.70. The number of Topliss-reactive ketones (excluding diaryl/α,β-unsaturated/α-hetero) is 2. The molecule has 6 N–H and O–H groups in total. The third-order valence-corrected chi connectivity index (χ3v) is 15.0. The lowest BCUT2D eigenvalue weighted by Gasteiger charge is -2.59. The van der Waals surface area contributed by atoms with E-state index in [1.165, 1.54) is 0 Å². The first kappa shape index (κ1) is 46.8. The number of fused-ring (bicyclic) bond motifs is 7. The number of phosphoric acid groups is 1. The molecular formula is C45H52BrN2O14P. The molecule has 16 nitrogen and oxygen atoms in total. The van der Waals surface area contributed by atoms with Gasteiger partial charge in [0.05, 0.1) is 24.1 Å². The van der Waals surface area contributed by atoms with Crippen molar-refractivity contribution in [3.05, 3.63) is 89.0 Å². The van der Waals surface area contributed by atoms with E-state index in [9.17, 15) is 53.3 Å². The number of halogens is 1. The molecule has 63 heavy (non-hydrogen) atoms. The van der Waals surface area contributed by atoms with Crippen LogP contribution in [0.4, 0.5) is 5.69 Å². The van der Waals surface area contributed by atoms with Crippen molar-refractivity contribution in [3.8, 4) is 0 Å². The van der Waals surface area contributed by atoms with Gasteiger partial charge in [-0.15, -0.1) is 0 Å². The van der Waals surface area contributed by atoms with Gasteiger partial charge in [-0.2, -0.15) is 0 Å². The first-order valence-electron chi connectivity index (χ1n) is 21.0. The quantitative estimate of drug-likeness (QED) is 0.0913. The molecule has 1 saturated heterocycles. The van der Waals surface area contributed by atoms with Crippen LogP contribution < -0.4 is 10.6 Å². The SMILES string of the molecule is C[C@]12C=CC(=O)C=C1CC[C@@H]1[C@@H]2[C@@H](O)C[C@@]2(C)[C@H]1C[C@H]1O[C@@H](c3ccc(Cc4cccc(NC(=O)[C@H](CCC(=O)O)CC(=O)CNC(=O)CBr)c4)cc3)O[C@]12C(=O)COP(=O)(O)O. The normalized spacial score (nSPS) is 31.1. The predicted molar refractivity (Wildman–Crippen MR) is 229 cm³/mol. The van der Waals surface area contributed by atoms with Gasteiger partial charge in [0.15, 0.2) is 29.2 Å². The van der Waals surface area contributed by atoms with E-state index in [0.717, 1.165) is 16.7 Å². The maximum absolute atomic E-state index is 14.4. The molecule has 0 bridgehead atoms. The lowest BCUT2D eigenvalue weighted by Crippen LogP contribution is -2.63. The third kappa shape index (κ3) is 9.48. The Bertz CT molecular complexity index is 2280. The van der Waals surface area contributed by atoms with Crippen molar-refractivity contribution in [2.75, 3.05) is 23.8 Å². The zero-order valence-electron chi connectivity index (χ0n) is 34.9. The Hall–Kier alpha value is -4.19. The van der Waals surface area contributed by atoms with E-state index in [2.05, 4.69) is 26.6 Å². The van der Waals surface area contributed by atoms with Crippen molar-refractivity contribution >= 4 is 64.6 Å². The largest absolute Gasteiger partial charge is 0.481 e. The van der Waals surface area contributed by atoms with E-state index in [4.69, 9.17) is 14.0 Å². The number of carboxylic acid groups (broad SMARTS) is 1. The van der Waals surface area contributed by atoms with Crippen LogP contribution in [0.3, 0.4) is 0 Å². The number of phosphoric ester groups is 1. The zero-order valence-corrected chi connectivity index (χ0v) is 37.3. The number of alkyl halides is 1. The van der Waals surface area contributed by atoms with Crippen LogP contribution >= 0.6 is 23.8 Å². The Labute approximate surface area is 372 Å². The first-order valence-corrected chi connectivity index (χ1v) is 23.6. The summed E-state index contributed by atoms with van der Waals surface area (Å²) < 4.78 is 29.9. The molecule has 18 heteroatoms. The number of rotatable bonds is 17. The molecule has 2 aromatic rings. The maximum atomic E-state index is 14.4. The molecule has 2 aromatic carbocycles. The van der Waals surface area contributed by atoms with Gasteiger partial charge < -0.3 is 40.1 Å². The number of carbonyl (C=O) groups is 6. The molecule has 10 atom stereocenters. The summed E-state index contributed by atoms with van der Waals surface area (Å²) in [6, 6.07) is 14.4. The van der Waals surface area contributed by atoms with Crippen LogP contribution in [-0.4, -0.2) is 91.4 Å². The van der Waals surface area contributed by atoms with Gasteiger partial charge in [-0.3, -0.25) is 33.3 Å². The number of anilines is 1. The van der Waals surface area contributed by atoms with E-state index in [-0.39, 0.29) is 61.1 Å². The Morgan fingerprint density at radius 3 is 2.51 bits per heavy atom. The van der Waals surface area contributed by atoms with Crippen LogP contribution in [0.2, 0.25) is 0 Å². The number of carbonyl (C=O) groups excluding carboxylic acids is 5. The number of aliphatic carboxylic acids is 1. The number of ketones is 3. The van der Waals surface area contributed by atoms with Crippen LogP contribution in [0.5, 0.6) is 0 Å². The lowest BCUT2D eigenvalue weighted by atomic mass is 9.46. The number of benzene rings is 2. The van der Waals surface area contributed by atoms with Gasteiger partial charge in [-0.1, -0.05) is 77.8 Å². The number of aliphatic hydroxyl groups excluding tert-OH is 1. The second-order valence-corrected chi connectivity index (χ2v) is 19.6. The Kier molecular flexibility index (Phi) is 13.6. The minimum Gasteiger partial charge on any atom is -0.481 e. The monoisotopic (exact) mass is 954 g/mol. The van der Waals surface area contributed by atoms with E-state index >= 15 is 0 Å². The van der Waals surface area contributed by atoms with Crippen LogP contribution in [0, 0.1) is 34.5 Å². The second-order valence-electron chi connectivity index (χ2n) is 17.8. The minimum atomic E-state index is -5.04. The van der Waals surface area contributed by atoms with Crippen molar-refractivity contribution < 1.29 is 67.3 Å². The molecule has 0 aromatic heterocycles. The summed E-state index contributed by atoms with van der Waals surface area (Å²) in [5.41, 5.74) is 0.460. The minimum absolute atomic E-state index is 0.00960. The molecule has 3 saturated carbocycles. The van der Waals surface area contributed by atoms with Crippen molar-refractivity contribution in [2.45, 2.75) is 89.3 Å². The average molecular weight is 956 g/mol. The summed E-state index contributed by atoms with van der Waals surface area (Å²) >= 11 is 3.00. The molecule has 0 spiro atoms. The van der Waals surface area contributed by atoms with Gasteiger partial charge in [0.25, 0.3) is 0 Å².